The van der Waals surface area contributed by atoms with Crippen LogP contribution in [0.25, 0.3) is 0 Å². The van der Waals surface area contributed by atoms with Crippen molar-refractivity contribution in [3.63, 3.8) is 0 Å². The van der Waals surface area contributed by atoms with Crippen LogP contribution in [0.5, 0.6) is 0 Å². The lowest BCUT2D eigenvalue weighted by Gasteiger charge is -2.09. The molecule has 0 aliphatic heterocycles. The second kappa shape index (κ2) is 42.2. The fraction of sp³-hybridized carbons (Fsp3) is 0.879. The minimum atomic E-state index is -0.865. The fourth-order valence-corrected chi connectivity index (χ4v) is 3.38. The standard InChI is InChI=1S/C33H60O16/c1-2-7-37-8-9-38-10-11-39-12-13-40-14-15-41-16-17-42-18-19-43-20-21-44-22-23-45-24-25-46-26-27-47-28-29-48-30-31-49-33(36)6-4-3-5-32(34)35/h1H,3-31H2,(H,34,35). The van der Waals surface area contributed by atoms with Crippen LogP contribution in [0, 0.1) is 12.3 Å². The third-order valence-electron chi connectivity index (χ3n) is 5.79. The Bertz CT molecular complexity index is 736. The van der Waals surface area contributed by atoms with Crippen molar-refractivity contribution in [3.05, 3.63) is 0 Å². The van der Waals surface area contributed by atoms with E-state index >= 15 is 0 Å². The summed E-state index contributed by atoms with van der Waals surface area (Å²) in [6.07, 6.45) is 6.30. The molecule has 0 rings (SSSR count). The Balaban J connectivity index is 3.09. The van der Waals surface area contributed by atoms with Crippen molar-refractivity contribution in [1.29, 1.82) is 0 Å². The number of carbonyl (C=O) groups is 2. The van der Waals surface area contributed by atoms with E-state index in [1.165, 1.54) is 0 Å². The smallest absolute Gasteiger partial charge is 0.305 e. The van der Waals surface area contributed by atoms with Gasteiger partial charge in [0.15, 0.2) is 0 Å². The van der Waals surface area contributed by atoms with E-state index in [-0.39, 0.29) is 32.0 Å². The summed E-state index contributed by atoms with van der Waals surface area (Å²) >= 11 is 0. The number of carbonyl (C=O) groups excluding carboxylic acids is 1. The van der Waals surface area contributed by atoms with Crippen molar-refractivity contribution in [2.75, 3.05) is 165 Å². The first-order chi connectivity index (χ1) is 24.2. The van der Waals surface area contributed by atoms with E-state index in [2.05, 4.69) is 5.92 Å². The molecule has 0 spiro atoms. The summed E-state index contributed by atoms with van der Waals surface area (Å²) in [6, 6.07) is 0. The summed E-state index contributed by atoms with van der Waals surface area (Å²) < 4.78 is 69.7. The van der Waals surface area contributed by atoms with Crippen molar-refractivity contribution in [3.8, 4) is 12.3 Å². The number of ether oxygens (including phenoxy) is 13. The summed E-state index contributed by atoms with van der Waals surface area (Å²) in [6.45, 7) is 11.2. The number of unbranched alkanes of at least 4 members (excludes halogenated alkanes) is 1. The lowest BCUT2D eigenvalue weighted by Crippen LogP contribution is -2.15. The molecule has 0 aromatic carbocycles. The number of rotatable bonds is 42. The van der Waals surface area contributed by atoms with Crippen LogP contribution in [0.3, 0.4) is 0 Å². The van der Waals surface area contributed by atoms with E-state index < -0.39 is 5.97 Å². The van der Waals surface area contributed by atoms with Gasteiger partial charge in [-0.05, 0) is 12.8 Å². The summed E-state index contributed by atoms with van der Waals surface area (Å²) in [5.74, 6) is 1.18. The van der Waals surface area contributed by atoms with Crippen LogP contribution >= 0.6 is 0 Å². The maximum Gasteiger partial charge on any atom is 0.305 e. The Labute approximate surface area is 291 Å². The average Bonchev–Trinajstić information content (AvgIpc) is 3.09. The summed E-state index contributed by atoms with van der Waals surface area (Å²) in [5, 5.41) is 8.55. The van der Waals surface area contributed by atoms with Gasteiger partial charge in [-0.25, -0.2) is 0 Å². The van der Waals surface area contributed by atoms with E-state index in [0.29, 0.717) is 165 Å². The van der Waals surface area contributed by atoms with Crippen LogP contribution in [-0.2, 0) is 71.2 Å². The van der Waals surface area contributed by atoms with Crippen molar-refractivity contribution >= 4 is 11.9 Å². The van der Waals surface area contributed by atoms with Gasteiger partial charge in [0.1, 0.15) is 13.2 Å². The van der Waals surface area contributed by atoms with E-state index in [9.17, 15) is 9.59 Å². The fourth-order valence-electron chi connectivity index (χ4n) is 3.38. The first-order valence-corrected chi connectivity index (χ1v) is 16.9. The third kappa shape index (κ3) is 44.0. The number of carboxylic acid groups (broad SMARTS) is 1. The topological polar surface area (TPSA) is 174 Å². The highest BCUT2D eigenvalue weighted by Gasteiger charge is 2.04. The molecule has 0 atom stereocenters. The van der Waals surface area contributed by atoms with Crippen LogP contribution in [-0.4, -0.2) is 182 Å². The maximum absolute atomic E-state index is 11.5. The molecule has 49 heavy (non-hydrogen) atoms. The van der Waals surface area contributed by atoms with E-state index in [1.807, 2.05) is 0 Å². The number of hydrogen-bond donors (Lipinski definition) is 1. The van der Waals surface area contributed by atoms with E-state index in [4.69, 9.17) is 73.1 Å². The summed E-state index contributed by atoms with van der Waals surface area (Å²) in [7, 11) is 0. The van der Waals surface area contributed by atoms with Crippen LogP contribution in [0.15, 0.2) is 0 Å². The van der Waals surface area contributed by atoms with E-state index in [1.54, 1.807) is 0 Å². The van der Waals surface area contributed by atoms with Gasteiger partial charge in [-0.1, -0.05) is 5.92 Å². The van der Waals surface area contributed by atoms with Gasteiger partial charge in [0.05, 0.1) is 152 Å². The predicted molar refractivity (Wildman–Crippen MR) is 176 cm³/mol. The average molecular weight is 713 g/mol. The zero-order valence-corrected chi connectivity index (χ0v) is 29.2. The molecule has 0 amide bonds. The Hall–Kier alpha value is -1.98. The minimum absolute atomic E-state index is 0.0580. The molecule has 0 fully saturated rings. The Morgan fingerprint density at radius 2 is 0.633 bits per heavy atom. The zero-order valence-electron chi connectivity index (χ0n) is 29.2. The molecule has 0 aromatic rings. The van der Waals surface area contributed by atoms with Crippen LogP contribution in [0.2, 0.25) is 0 Å². The number of aliphatic carboxylic acids is 1. The molecule has 0 saturated carbocycles. The quantitative estimate of drug-likeness (QED) is 0.0539. The number of carboxylic acids is 1. The second-order valence-electron chi connectivity index (χ2n) is 9.81. The molecule has 16 nitrogen and oxygen atoms in total. The van der Waals surface area contributed by atoms with Crippen LogP contribution < -0.4 is 0 Å². The Morgan fingerprint density at radius 3 is 0.898 bits per heavy atom. The van der Waals surface area contributed by atoms with Crippen molar-refractivity contribution in [2.45, 2.75) is 25.7 Å². The Kier molecular flexibility index (Phi) is 40.5. The second-order valence-corrected chi connectivity index (χ2v) is 9.81. The van der Waals surface area contributed by atoms with Crippen LogP contribution in [0.4, 0.5) is 0 Å². The van der Waals surface area contributed by atoms with E-state index in [0.717, 1.165) is 0 Å². The molecule has 0 bridgehead atoms. The largest absolute Gasteiger partial charge is 0.481 e. The van der Waals surface area contributed by atoms with Gasteiger partial charge >= 0.3 is 11.9 Å². The normalized spacial score (nSPS) is 11.2. The molecule has 0 radical (unpaired) electrons. The molecule has 288 valence electrons. The minimum Gasteiger partial charge on any atom is -0.481 e. The van der Waals surface area contributed by atoms with Gasteiger partial charge in [-0.3, -0.25) is 9.59 Å². The molecule has 0 heterocycles. The SMILES string of the molecule is C#CCOCCOCCOCCOCCOCCOCCOCCOCCOCCOCCOCCOCCOC(=O)CCCCC(=O)O. The molecule has 16 heteroatoms. The lowest BCUT2D eigenvalue weighted by atomic mass is 10.2. The molecule has 0 aromatic heterocycles. The highest BCUT2D eigenvalue weighted by molar-refractivity contribution is 5.69. The molecule has 0 unspecified atom stereocenters. The molecular formula is C33H60O16. The lowest BCUT2D eigenvalue weighted by molar-refractivity contribution is -0.146. The Morgan fingerprint density at radius 1 is 0.388 bits per heavy atom. The highest BCUT2D eigenvalue weighted by Crippen LogP contribution is 2.01. The predicted octanol–water partition coefficient (Wildman–Crippen LogP) is 1.01. The van der Waals surface area contributed by atoms with Gasteiger partial charge in [0.2, 0.25) is 0 Å². The van der Waals surface area contributed by atoms with Gasteiger partial charge in [0, 0.05) is 12.8 Å². The van der Waals surface area contributed by atoms with Gasteiger partial charge in [-0.15, -0.1) is 6.42 Å². The van der Waals surface area contributed by atoms with Gasteiger partial charge in [0.25, 0.3) is 0 Å². The molecule has 0 saturated heterocycles. The van der Waals surface area contributed by atoms with Gasteiger partial charge in [-0.2, -0.15) is 0 Å². The van der Waals surface area contributed by atoms with Gasteiger partial charge < -0.3 is 66.7 Å². The number of terminal acetylenes is 1. The van der Waals surface area contributed by atoms with Crippen LogP contribution in [0.1, 0.15) is 25.7 Å². The molecule has 0 aliphatic carbocycles. The van der Waals surface area contributed by atoms with Crippen molar-refractivity contribution < 1.29 is 76.3 Å². The third-order valence-corrected chi connectivity index (χ3v) is 5.79. The first kappa shape index (κ1) is 47.0. The summed E-state index contributed by atoms with van der Waals surface area (Å²) in [5.41, 5.74) is 0. The first-order valence-electron chi connectivity index (χ1n) is 16.9. The summed E-state index contributed by atoms with van der Waals surface area (Å²) in [4.78, 5) is 21.9. The zero-order chi connectivity index (χ0) is 35.6. The molecule has 0 aliphatic rings. The molecular weight excluding hydrogens is 652 g/mol. The highest BCUT2D eigenvalue weighted by atomic mass is 16.6. The number of hydrogen-bond acceptors (Lipinski definition) is 15. The van der Waals surface area contributed by atoms with Crippen molar-refractivity contribution in [1.82, 2.24) is 0 Å². The monoisotopic (exact) mass is 712 g/mol. The molecule has 1 N–H and O–H groups in total. The number of esters is 1. The van der Waals surface area contributed by atoms with Crippen molar-refractivity contribution in [2.24, 2.45) is 0 Å². The maximum atomic E-state index is 11.5.